The summed E-state index contributed by atoms with van der Waals surface area (Å²) >= 11 is 6.88. The van der Waals surface area contributed by atoms with Crippen LogP contribution in [0.4, 0.5) is 9.59 Å². The average Bonchev–Trinajstić information content (AvgIpc) is 4.33. The van der Waals surface area contributed by atoms with Crippen LogP contribution in [-0.2, 0) is 41.4 Å². The highest BCUT2D eigenvalue weighted by Gasteiger charge is 2.28. The summed E-state index contributed by atoms with van der Waals surface area (Å²) in [6, 6.07) is 38.6. The van der Waals surface area contributed by atoms with Crippen molar-refractivity contribution in [3.05, 3.63) is 143 Å². The third-order valence-corrected chi connectivity index (χ3v) is 16.3. The molecule has 16 heteroatoms. The summed E-state index contributed by atoms with van der Waals surface area (Å²) in [6.45, 7) is 12.1. The van der Waals surface area contributed by atoms with Crippen molar-refractivity contribution in [2.45, 2.75) is 129 Å². The zero-order valence-corrected chi connectivity index (χ0v) is 48.7. The first-order chi connectivity index (χ1) is 37.6. The molecular formula is C62H72N2O10S4. The van der Waals surface area contributed by atoms with Crippen molar-refractivity contribution in [1.29, 1.82) is 0 Å². The number of thiophene rings is 4. The van der Waals surface area contributed by atoms with Gasteiger partial charge in [0.2, 0.25) is 0 Å². The Morgan fingerprint density at radius 1 is 0.436 bits per heavy atom. The Morgan fingerprint density at radius 3 is 1.17 bits per heavy atom. The van der Waals surface area contributed by atoms with E-state index in [1.54, 1.807) is 86.9 Å². The molecule has 4 heterocycles. The molecule has 0 aliphatic heterocycles. The minimum Gasteiger partial charge on any atom is -0.493 e. The molecule has 0 saturated heterocycles. The Balaban J connectivity index is 0.967. The van der Waals surface area contributed by atoms with Gasteiger partial charge in [-0.15, -0.1) is 45.3 Å². The zero-order chi connectivity index (χ0) is 55.3. The monoisotopic (exact) mass is 1130 g/mol. The summed E-state index contributed by atoms with van der Waals surface area (Å²) in [5.74, 6) is 0.565. The standard InChI is InChI=1S/C62H72N2O10S4/c1-61(2,3)73-59(67)63-47(39-43-23-13-11-14-24-43)57(65)71-35-19-9-7-17-33-69-49-41-46(52-30-32-56(78-52)54-28-22-38-76-54)50(42-45(49)51-29-31-55(77-51)53-27-21-37-75-53)70-34-18-8-10-20-36-72-58(66)48(40-44-25-15-12-16-26-44)64-60(68)74-62(4,5)6/h11-16,21-32,37-38,41-42,47-48H,7-10,17-20,33-36,39-40H2,1-6H3,(H,63,67)(H,64,68)/t47-,48-/m0/s1. The van der Waals surface area contributed by atoms with Gasteiger partial charge in [-0.25, -0.2) is 19.2 Å². The molecule has 0 aliphatic rings. The first-order valence-corrected chi connectivity index (χ1v) is 30.1. The third kappa shape index (κ3) is 19.5. The average molecular weight is 1130 g/mol. The number of unbranched alkanes of at least 4 members (excludes halogenated alkanes) is 6. The number of rotatable bonds is 28. The van der Waals surface area contributed by atoms with Gasteiger partial charge >= 0.3 is 24.1 Å². The molecule has 7 aromatic rings. The molecule has 2 atom stereocenters. The van der Waals surface area contributed by atoms with E-state index in [1.165, 1.54) is 19.5 Å². The molecule has 414 valence electrons. The van der Waals surface area contributed by atoms with Crippen LogP contribution in [0.25, 0.3) is 40.4 Å². The van der Waals surface area contributed by atoms with Crippen molar-refractivity contribution < 1.29 is 47.6 Å². The van der Waals surface area contributed by atoms with Gasteiger partial charge < -0.3 is 39.1 Å². The molecule has 0 unspecified atom stereocenters. The number of hydrogen-bond donors (Lipinski definition) is 2. The fraction of sp³-hybridized carbons (Fsp3) is 0.387. The number of alkyl carbamates (subject to hydrolysis) is 2. The lowest BCUT2D eigenvalue weighted by Gasteiger charge is -2.23. The number of carbonyl (C=O) groups is 4. The van der Waals surface area contributed by atoms with Crippen LogP contribution in [0, 0.1) is 0 Å². The molecule has 0 radical (unpaired) electrons. The van der Waals surface area contributed by atoms with Crippen LogP contribution >= 0.6 is 45.3 Å². The Labute approximate surface area is 475 Å². The zero-order valence-electron chi connectivity index (χ0n) is 45.5. The fourth-order valence-electron chi connectivity index (χ4n) is 8.26. The van der Waals surface area contributed by atoms with Crippen molar-refractivity contribution in [2.75, 3.05) is 26.4 Å². The molecule has 3 aromatic carbocycles. The molecule has 0 fully saturated rings. The molecule has 78 heavy (non-hydrogen) atoms. The van der Waals surface area contributed by atoms with Crippen molar-refractivity contribution in [2.24, 2.45) is 0 Å². The SMILES string of the molecule is CC(C)(C)OC(=O)N[C@@H](Cc1ccccc1)C(=O)OCCCCCCOc1cc(-c2ccc(-c3cccs3)s2)c(OCCCCCCOC(=O)[C@H](Cc2ccccc2)NC(=O)OC(C)(C)C)cc1-c1ccc(-c2cccs2)s1. The van der Waals surface area contributed by atoms with E-state index < -0.39 is 47.4 Å². The van der Waals surface area contributed by atoms with Crippen molar-refractivity contribution in [3.63, 3.8) is 0 Å². The van der Waals surface area contributed by atoms with E-state index >= 15 is 0 Å². The highest BCUT2D eigenvalue weighted by Crippen LogP contribution is 2.47. The van der Waals surface area contributed by atoms with Crippen LogP contribution in [0.2, 0.25) is 0 Å². The van der Waals surface area contributed by atoms with Gasteiger partial charge in [0.25, 0.3) is 0 Å². The Bertz CT molecular complexity index is 2740. The number of benzene rings is 3. The van der Waals surface area contributed by atoms with Crippen molar-refractivity contribution in [3.8, 4) is 51.9 Å². The molecule has 12 nitrogen and oxygen atoms in total. The number of ether oxygens (including phenoxy) is 6. The van der Waals surface area contributed by atoms with E-state index in [9.17, 15) is 19.2 Å². The Hall–Kier alpha value is -6.46. The number of nitrogens with one attached hydrogen (secondary N) is 2. The summed E-state index contributed by atoms with van der Waals surface area (Å²) in [7, 11) is 0. The lowest BCUT2D eigenvalue weighted by atomic mass is 10.1. The molecule has 0 aliphatic carbocycles. The lowest BCUT2D eigenvalue weighted by Crippen LogP contribution is -2.45. The highest BCUT2D eigenvalue weighted by atomic mass is 32.1. The van der Waals surface area contributed by atoms with Gasteiger partial charge in [0.05, 0.1) is 26.4 Å². The van der Waals surface area contributed by atoms with Crippen LogP contribution in [0.5, 0.6) is 11.5 Å². The molecular weight excluding hydrogens is 1060 g/mol. The number of hydrogen-bond acceptors (Lipinski definition) is 14. The van der Waals surface area contributed by atoms with Crippen LogP contribution in [0.3, 0.4) is 0 Å². The summed E-state index contributed by atoms with van der Waals surface area (Å²) in [6.07, 6.45) is 5.55. The van der Waals surface area contributed by atoms with E-state index in [0.29, 0.717) is 26.1 Å². The van der Waals surface area contributed by atoms with Gasteiger partial charge in [-0.3, -0.25) is 0 Å². The van der Waals surface area contributed by atoms with E-state index in [0.717, 1.165) is 82.0 Å². The van der Waals surface area contributed by atoms with Gasteiger partial charge in [0, 0.05) is 53.2 Å². The summed E-state index contributed by atoms with van der Waals surface area (Å²) < 4.78 is 35.7. The minimum absolute atomic E-state index is 0.233. The second-order valence-corrected chi connectivity index (χ2v) is 24.8. The molecule has 4 aromatic heterocycles. The first-order valence-electron chi connectivity index (χ1n) is 26.7. The van der Waals surface area contributed by atoms with Crippen LogP contribution in [0.15, 0.2) is 132 Å². The predicted molar refractivity (Wildman–Crippen MR) is 316 cm³/mol. The van der Waals surface area contributed by atoms with E-state index in [1.807, 2.05) is 60.7 Å². The van der Waals surface area contributed by atoms with Crippen molar-refractivity contribution >= 4 is 69.5 Å². The second kappa shape index (κ2) is 29.5. The maximum Gasteiger partial charge on any atom is 0.408 e. The van der Waals surface area contributed by atoms with Gasteiger partial charge in [-0.05, 0) is 163 Å². The van der Waals surface area contributed by atoms with Crippen LogP contribution < -0.4 is 20.1 Å². The quantitative estimate of drug-likeness (QED) is 0.0276. The van der Waals surface area contributed by atoms with Crippen LogP contribution in [-0.4, -0.2) is 73.8 Å². The largest absolute Gasteiger partial charge is 0.493 e. The lowest BCUT2D eigenvalue weighted by molar-refractivity contribution is -0.147. The maximum atomic E-state index is 13.3. The molecule has 0 saturated carbocycles. The number of amides is 2. The van der Waals surface area contributed by atoms with E-state index in [-0.39, 0.29) is 26.1 Å². The molecule has 0 spiro atoms. The maximum absolute atomic E-state index is 13.3. The smallest absolute Gasteiger partial charge is 0.408 e. The first kappa shape index (κ1) is 59.2. The van der Waals surface area contributed by atoms with Gasteiger partial charge in [-0.2, -0.15) is 0 Å². The Kier molecular flexibility index (Phi) is 22.4. The fourth-order valence-corrected chi connectivity index (χ4v) is 12.0. The van der Waals surface area contributed by atoms with Gasteiger partial charge in [-0.1, -0.05) is 72.8 Å². The topological polar surface area (TPSA) is 148 Å². The second-order valence-electron chi connectivity index (χ2n) is 20.8. The summed E-state index contributed by atoms with van der Waals surface area (Å²) in [4.78, 5) is 58.8. The summed E-state index contributed by atoms with van der Waals surface area (Å²) in [5, 5.41) is 9.61. The van der Waals surface area contributed by atoms with E-state index in [2.05, 4.69) is 82.1 Å². The summed E-state index contributed by atoms with van der Waals surface area (Å²) in [5.41, 5.74) is 2.31. The highest BCUT2D eigenvalue weighted by molar-refractivity contribution is 7.24. The molecule has 0 bridgehead atoms. The Morgan fingerprint density at radius 2 is 0.808 bits per heavy atom. The third-order valence-electron chi connectivity index (χ3n) is 12.0. The minimum atomic E-state index is -0.883. The van der Waals surface area contributed by atoms with E-state index in [4.69, 9.17) is 28.4 Å². The molecule has 2 amide bonds. The molecule has 2 N–H and O–H groups in total. The van der Waals surface area contributed by atoms with Gasteiger partial charge in [0.1, 0.15) is 34.8 Å². The predicted octanol–water partition coefficient (Wildman–Crippen LogP) is 15.8. The number of esters is 2. The van der Waals surface area contributed by atoms with Crippen LogP contribution in [0.1, 0.15) is 104 Å². The normalized spacial score (nSPS) is 12.3. The van der Waals surface area contributed by atoms with Crippen molar-refractivity contribution in [1.82, 2.24) is 10.6 Å². The van der Waals surface area contributed by atoms with Gasteiger partial charge in [0.15, 0.2) is 0 Å². The number of carbonyl (C=O) groups excluding carboxylic acids is 4. The molecule has 7 rings (SSSR count).